The van der Waals surface area contributed by atoms with E-state index >= 15 is 0 Å². The molecule has 0 heterocycles. The number of benzene rings is 1. The molecule has 0 saturated heterocycles. The van der Waals surface area contributed by atoms with Crippen molar-refractivity contribution in [2.24, 2.45) is 11.8 Å². The minimum absolute atomic E-state index is 0.0171. The second-order valence-electron chi connectivity index (χ2n) is 11.5. The molecule has 1 aromatic carbocycles. The minimum Gasteiger partial charge on any atom is -0.497 e. The highest BCUT2D eigenvalue weighted by molar-refractivity contribution is 6.74. The highest BCUT2D eigenvalue weighted by Crippen LogP contribution is 2.43. The van der Waals surface area contributed by atoms with Crippen LogP contribution in [0.15, 0.2) is 42.5 Å². The van der Waals surface area contributed by atoms with Crippen molar-refractivity contribution in [3.63, 3.8) is 0 Å². The van der Waals surface area contributed by atoms with Crippen molar-refractivity contribution in [2.75, 3.05) is 7.11 Å². The summed E-state index contributed by atoms with van der Waals surface area (Å²) >= 11 is 0. The van der Waals surface area contributed by atoms with Crippen LogP contribution in [0.5, 0.6) is 5.75 Å². The van der Waals surface area contributed by atoms with Gasteiger partial charge in [0, 0.05) is 24.7 Å². The van der Waals surface area contributed by atoms with Crippen molar-refractivity contribution in [1.29, 1.82) is 0 Å². The standard InChI is InChI=1S/C30H46O5Si/c1-22(2)34-29(32)17-12-10-9-11-16-25-26(19-18-23-14-13-15-24(20-23)33-6)28(21-27(25)31)35-36(7,8)30(3,4)5/h9,11,13-15,18-20,22,25-26,28H,10,12,16-17,21H2,1-8H3/t25-,26-,28-/m1/s1. The number of ketones is 1. The molecule has 3 atom stereocenters. The lowest BCUT2D eigenvalue weighted by atomic mass is 9.90. The Morgan fingerprint density at radius 2 is 1.92 bits per heavy atom. The summed E-state index contributed by atoms with van der Waals surface area (Å²) in [5.41, 5.74) is 1.04. The van der Waals surface area contributed by atoms with Gasteiger partial charge in [0.05, 0.1) is 19.3 Å². The summed E-state index contributed by atoms with van der Waals surface area (Å²) in [6.07, 6.45) is 11.3. The van der Waals surface area contributed by atoms with Crippen molar-refractivity contribution < 1.29 is 23.5 Å². The predicted molar refractivity (Wildman–Crippen MR) is 150 cm³/mol. The largest absolute Gasteiger partial charge is 0.497 e. The quantitative estimate of drug-likeness (QED) is 0.126. The third kappa shape index (κ3) is 9.04. The van der Waals surface area contributed by atoms with Crippen molar-refractivity contribution in [3.8, 4) is 5.75 Å². The van der Waals surface area contributed by atoms with Crippen LogP contribution in [0, 0.1) is 11.8 Å². The highest BCUT2D eigenvalue weighted by Gasteiger charge is 2.46. The fourth-order valence-electron chi connectivity index (χ4n) is 4.20. The first-order chi connectivity index (χ1) is 16.8. The van der Waals surface area contributed by atoms with E-state index in [1.165, 1.54) is 0 Å². The van der Waals surface area contributed by atoms with Crippen LogP contribution in [0.4, 0.5) is 0 Å². The predicted octanol–water partition coefficient (Wildman–Crippen LogP) is 7.37. The van der Waals surface area contributed by atoms with Gasteiger partial charge in [0.1, 0.15) is 11.5 Å². The Kier molecular flexibility index (Phi) is 11.2. The van der Waals surface area contributed by atoms with E-state index in [0.717, 1.165) is 24.2 Å². The Hall–Kier alpha value is -2.18. The van der Waals surface area contributed by atoms with Gasteiger partial charge in [-0.1, -0.05) is 57.2 Å². The fourth-order valence-corrected chi connectivity index (χ4v) is 5.55. The summed E-state index contributed by atoms with van der Waals surface area (Å²) in [6.45, 7) is 14.9. The number of ether oxygens (including phenoxy) is 2. The number of allylic oxidation sites excluding steroid dienone is 2. The van der Waals surface area contributed by atoms with E-state index in [1.54, 1.807) is 7.11 Å². The number of hydrogen-bond acceptors (Lipinski definition) is 5. The number of esters is 1. The molecule has 200 valence electrons. The molecule has 36 heavy (non-hydrogen) atoms. The molecule has 1 aliphatic carbocycles. The first-order valence-electron chi connectivity index (χ1n) is 13.2. The summed E-state index contributed by atoms with van der Waals surface area (Å²) in [5, 5.41) is 0.0752. The topological polar surface area (TPSA) is 61.8 Å². The van der Waals surface area contributed by atoms with Gasteiger partial charge >= 0.3 is 5.97 Å². The van der Waals surface area contributed by atoms with Gasteiger partial charge in [-0.25, -0.2) is 0 Å². The normalized spacial score (nSPS) is 21.1. The Balaban J connectivity index is 2.12. The molecular formula is C30H46O5Si. The summed E-state index contributed by atoms with van der Waals surface area (Å²) in [4.78, 5) is 24.9. The molecular weight excluding hydrogens is 468 g/mol. The third-order valence-electron chi connectivity index (χ3n) is 7.24. The molecule has 1 saturated carbocycles. The molecule has 0 aromatic heterocycles. The number of unbranched alkanes of at least 4 members (excludes halogenated alkanes) is 1. The molecule has 1 fully saturated rings. The van der Waals surface area contributed by atoms with Crippen molar-refractivity contribution in [2.45, 2.75) is 97.1 Å². The van der Waals surface area contributed by atoms with Crippen LogP contribution in [0.3, 0.4) is 0 Å². The van der Waals surface area contributed by atoms with Crippen LogP contribution >= 0.6 is 0 Å². The van der Waals surface area contributed by atoms with E-state index in [0.29, 0.717) is 19.3 Å². The average molecular weight is 515 g/mol. The maximum atomic E-state index is 13.1. The first-order valence-corrected chi connectivity index (χ1v) is 16.1. The van der Waals surface area contributed by atoms with E-state index in [4.69, 9.17) is 13.9 Å². The molecule has 1 aliphatic rings. The van der Waals surface area contributed by atoms with Crippen LogP contribution in [-0.4, -0.2) is 39.4 Å². The molecule has 0 bridgehead atoms. The van der Waals surface area contributed by atoms with Gasteiger partial charge in [-0.2, -0.15) is 0 Å². The molecule has 0 spiro atoms. The van der Waals surface area contributed by atoms with Crippen LogP contribution in [-0.2, 0) is 18.8 Å². The number of rotatable bonds is 12. The monoisotopic (exact) mass is 514 g/mol. The van der Waals surface area contributed by atoms with Gasteiger partial charge in [0.25, 0.3) is 0 Å². The van der Waals surface area contributed by atoms with Crippen LogP contribution < -0.4 is 4.74 Å². The number of carbonyl (C=O) groups is 2. The molecule has 6 heteroatoms. The summed E-state index contributed by atoms with van der Waals surface area (Å²) < 4.78 is 17.3. The Morgan fingerprint density at radius 1 is 1.19 bits per heavy atom. The van der Waals surface area contributed by atoms with E-state index in [-0.39, 0.29) is 40.8 Å². The zero-order valence-electron chi connectivity index (χ0n) is 23.5. The van der Waals surface area contributed by atoms with Crippen LogP contribution in [0.2, 0.25) is 18.1 Å². The van der Waals surface area contributed by atoms with Crippen LogP contribution in [0.25, 0.3) is 6.08 Å². The Labute approximate surface area is 219 Å². The van der Waals surface area contributed by atoms with Crippen molar-refractivity contribution >= 4 is 26.1 Å². The molecule has 5 nitrogen and oxygen atoms in total. The number of methoxy groups -OCH3 is 1. The van der Waals surface area contributed by atoms with Gasteiger partial charge in [-0.15, -0.1) is 0 Å². The van der Waals surface area contributed by atoms with E-state index < -0.39 is 8.32 Å². The van der Waals surface area contributed by atoms with Crippen molar-refractivity contribution in [1.82, 2.24) is 0 Å². The van der Waals surface area contributed by atoms with Gasteiger partial charge in [-0.3, -0.25) is 9.59 Å². The fraction of sp³-hybridized carbons (Fsp3) is 0.600. The molecule has 0 unspecified atom stereocenters. The van der Waals surface area contributed by atoms with E-state index in [9.17, 15) is 9.59 Å². The molecule has 0 N–H and O–H groups in total. The number of carbonyl (C=O) groups excluding carboxylic acids is 2. The second kappa shape index (κ2) is 13.4. The second-order valence-corrected chi connectivity index (χ2v) is 16.3. The lowest BCUT2D eigenvalue weighted by molar-refractivity contribution is -0.147. The first kappa shape index (κ1) is 30.0. The average Bonchev–Trinajstić information content (AvgIpc) is 3.06. The minimum atomic E-state index is -2.03. The maximum absolute atomic E-state index is 13.1. The smallest absolute Gasteiger partial charge is 0.306 e. The van der Waals surface area contributed by atoms with E-state index in [2.05, 4.69) is 58.2 Å². The molecule has 0 aliphatic heterocycles. The Bertz CT molecular complexity index is 926. The number of hydrogen-bond donors (Lipinski definition) is 0. The summed E-state index contributed by atoms with van der Waals surface area (Å²) in [7, 11) is -0.370. The van der Waals surface area contributed by atoms with E-state index in [1.807, 2.05) is 38.1 Å². The Morgan fingerprint density at radius 3 is 2.56 bits per heavy atom. The molecule has 2 rings (SSSR count). The molecule has 0 amide bonds. The molecule has 0 radical (unpaired) electrons. The van der Waals surface area contributed by atoms with Gasteiger partial charge < -0.3 is 13.9 Å². The summed E-state index contributed by atoms with van der Waals surface area (Å²) in [5.74, 6) is 0.833. The zero-order valence-corrected chi connectivity index (χ0v) is 24.5. The zero-order chi connectivity index (χ0) is 26.9. The summed E-state index contributed by atoms with van der Waals surface area (Å²) in [6, 6.07) is 7.93. The highest BCUT2D eigenvalue weighted by atomic mass is 28.4. The van der Waals surface area contributed by atoms with Gasteiger partial charge in [0.15, 0.2) is 8.32 Å². The van der Waals surface area contributed by atoms with Gasteiger partial charge in [-0.05, 0) is 68.9 Å². The SMILES string of the molecule is COc1cccc(C=C[C@H]2[C@H](O[Si](C)(C)C(C)(C)C)CC(=O)[C@@H]2CC=CCCCC(=O)OC(C)C)c1. The van der Waals surface area contributed by atoms with Crippen molar-refractivity contribution in [3.05, 3.63) is 48.1 Å². The number of Topliss-reactive ketones (excluding diaryl/α,β-unsaturated/α-hetero) is 1. The van der Waals surface area contributed by atoms with Gasteiger partial charge in [0.2, 0.25) is 0 Å². The molecule has 1 aromatic rings. The van der Waals surface area contributed by atoms with Crippen LogP contribution in [0.1, 0.15) is 72.3 Å². The third-order valence-corrected chi connectivity index (χ3v) is 11.7. The lowest BCUT2D eigenvalue weighted by Gasteiger charge is -2.39. The lowest BCUT2D eigenvalue weighted by Crippen LogP contribution is -2.45. The maximum Gasteiger partial charge on any atom is 0.306 e.